The first kappa shape index (κ1) is 21.3. The second kappa shape index (κ2) is 7.97. The van der Waals surface area contributed by atoms with Crippen molar-refractivity contribution in [3.8, 4) is 0 Å². The average Bonchev–Trinajstić information content (AvgIpc) is 3.22. The minimum Gasteiger partial charge on any atom is -0.338 e. The van der Waals surface area contributed by atoms with Gasteiger partial charge in [-0.2, -0.15) is 22.6 Å². The van der Waals surface area contributed by atoms with Crippen molar-refractivity contribution in [1.29, 1.82) is 0 Å². The van der Waals surface area contributed by atoms with Gasteiger partial charge in [-0.3, -0.25) is 9.48 Å². The predicted octanol–water partition coefficient (Wildman–Crippen LogP) is 2.59. The molecule has 1 aliphatic rings. The second-order valence-corrected chi connectivity index (χ2v) is 9.13. The Balaban J connectivity index is 1.40. The van der Waals surface area contributed by atoms with Crippen LogP contribution in [0.1, 0.15) is 5.69 Å². The lowest BCUT2D eigenvalue weighted by molar-refractivity contribution is -0.142. The first-order valence-electron chi connectivity index (χ1n) is 9.52. The molecule has 0 spiro atoms. The van der Waals surface area contributed by atoms with Gasteiger partial charge in [0.25, 0.3) is 0 Å². The van der Waals surface area contributed by atoms with E-state index in [2.05, 4.69) is 5.10 Å². The van der Waals surface area contributed by atoms with Crippen LogP contribution in [0.2, 0.25) is 0 Å². The third kappa shape index (κ3) is 4.42. The van der Waals surface area contributed by atoms with Gasteiger partial charge in [-0.05, 0) is 29.0 Å². The number of amides is 1. The number of benzene rings is 2. The van der Waals surface area contributed by atoms with Crippen LogP contribution in [0.25, 0.3) is 10.8 Å². The van der Waals surface area contributed by atoms with Crippen molar-refractivity contribution in [1.82, 2.24) is 19.0 Å². The van der Waals surface area contributed by atoms with E-state index in [1.165, 1.54) is 9.21 Å². The number of aromatic nitrogens is 2. The van der Waals surface area contributed by atoms with Gasteiger partial charge in [-0.25, -0.2) is 8.42 Å². The molecule has 1 amide bonds. The lowest BCUT2D eigenvalue weighted by Gasteiger charge is -2.34. The molecule has 0 aliphatic carbocycles. The van der Waals surface area contributed by atoms with E-state index >= 15 is 0 Å². The monoisotopic (exact) mass is 452 g/mol. The summed E-state index contributed by atoms with van der Waals surface area (Å²) in [6.45, 7) is 0.174. The summed E-state index contributed by atoms with van der Waals surface area (Å²) >= 11 is 0. The Hall–Kier alpha value is -2.92. The van der Waals surface area contributed by atoms with E-state index in [1.807, 2.05) is 24.3 Å². The van der Waals surface area contributed by atoms with Crippen molar-refractivity contribution >= 4 is 26.7 Å². The molecule has 4 rings (SSSR count). The van der Waals surface area contributed by atoms with Gasteiger partial charge in [0.2, 0.25) is 15.9 Å². The number of fused-ring (bicyclic) bond motifs is 1. The van der Waals surface area contributed by atoms with Crippen molar-refractivity contribution < 1.29 is 26.4 Å². The Labute approximate surface area is 176 Å². The maximum atomic E-state index is 13.0. The molecule has 1 aromatic heterocycles. The number of sulfonamides is 1. The fourth-order valence-corrected chi connectivity index (χ4v) is 4.95. The zero-order valence-electron chi connectivity index (χ0n) is 16.3. The third-order valence-electron chi connectivity index (χ3n) is 5.18. The van der Waals surface area contributed by atoms with Crippen LogP contribution >= 0.6 is 0 Å². The molecule has 2 heterocycles. The molecule has 1 saturated heterocycles. The molecule has 31 heavy (non-hydrogen) atoms. The Kier molecular flexibility index (Phi) is 5.48. The molecule has 164 valence electrons. The summed E-state index contributed by atoms with van der Waals surface area (Å²) in [5.41, 5.74) is -1.06. The van der Waals surface area contributed by atoms with Crippen LogP contribution < -0.4 is 0 Å². The van der Waals surface area contributed by atoms with Gasteiger partial charge >= 0.3 is 6.18 Å². The van der Waals surface area contributed by atoms with Crippen molar-refractivity contribution in [3.63, 3.8) is 0 Å². The molecule has 1 aliphatic heterocycles. The number of hydrogen-bond acceptors (Lipinski definition) is 4. The maximum absolute atomic E-state index is 13.0. The van der Waals surface area contributed by atoms with Crippen LogP contribution in [0, 0.1) is 0 Å². The van der Waals surface area contributed by atoms with E-state index in [9.17, 15) is 26.4 Å². The maximum Gasteiger partial charge on any atom is 0.435 e. The Bertz CT molecular complexity index is 1220. The van der Waals surface area contributed by atoms with Crippen molar-refractivity contribution in [3.05, 3.63) is 60.4 Å². The van der Waals surface area contributed by atoms with Gasteiger partial charge < -0.3 is 4.90 Å². The van der Waals surface area contributed by atoms with E-state index in [-0.39, 0.29) is 37.6 Å². The van der Waals surface area contributed by atoms with Crippen LogP contribution in [-0.4, -0.2) is 59.5 Å². The number of carbonyl (C=O) groups is 1. The largest absolute Gasteiger partial charge is 0.435 e. The molecule has 11 heteroatoms. The van der Waals surface area contributed by atoms with Crippen LogP contribution in [0.4, 0.5) is 13.2 Å². The molecule has 7 nitrogen and oxygen atoms in total. The highest BCUT2D eigenvalue weighted by Crippen LogP contribution is 2.27. The Morgan fingerprint density at radius 1 is 0.968 bits per heavy atom. The summed E-state index contributed by atoms with van der Waals surface area (Å²) in [7, 11) is -3.72. The van der Waals surface area contributed by atoms with E-state index in [0.29, 0.717) is 0 Å². The molecule has 0 saturated carbocycles. The van der Waals surface area contributed by atoms with Gasteiger partial charge in [0, 0.05) is 32.4 Å². The standard InChI is InChI=1S/C20H19F3N4O3S/c21-20(22,23)18-7-8-26(24-18)14-19(28)25-9-11-27(12-10-25)31(29,30)17-6-5-15-3-1-2-4-16(15)13-17/h1-8,13H,9-12,14H2. The Morgan fingerprint density at radius 2 is 1.65 bits per heavy atom. The fraction of sp³-hybridized carbons (Fsp3) is 0.300. The molecular formula is C20H19F3N4O3S. The van der Waals surface area contributed by atoms with Crippen molar-refractivity contribution in [2.75, 3.05) is 26.2 Å². The Morgan fingerprint density at radius 3 is 2.29 bits per heavy atom. The number of piperazine rings is 1. The molecule has 2 aromatic carbocycles. The summed E-state index contributed by atoms with van der Waals surface area (Å²) in [5, 5.41) is 5.12. The first-order chi connectivity index (χ1) is 14.6. The number of nitrogens with zero attached hydrogens (tertiary/aromatic N) is 4. The lowest BCUT2D eigenvalue weighted by atomic mass is 10.1. The molecule has 0 N–H and O–H groups in total. The van der Waals surface area contributed by atoms with Crippen LogP contribution in [0.5, 0.6) is 0 Å². The van der Waals surface area contributed by atoms with Crippen molar-refractivity contribution in [2.24, 2.45) is 0 Å². The minimum atomic E-state index is -4.57. The highest BCUT2D eigenvalue weighted by molar-refractivity contribution is 7.89. The molecule has 0 unspecified atom stereocenters. The fourth-order valence-electron chi connectivity index (χ4n) is 3.49. The minimum absolute atomic E-state index is 0.105. The topological polar surface area (TPSA) is 75.5 Å². The van der Waals surface area contributed by atoms with Gasteiger partial charge in [0.1, 0.15) is 6.54 Å². The van der Waals surface area contributed by atoms with Gasteiger partial charge in [0.15, 0.2) is 5.69 Å². The second-order valence-electron chi connectivity index (χ2n) is 7.19. The number of carbonyl (C=O) groups excluding carboxylic acids is 1. The van der Waals surface area contributed by atoms with E-state index in [1.54, 1.807) is 18.2 Å². The highest BCUT2D eigenvalue weighted by Gasteiger charge is 2.34. The first-order valence-corrected chi connectivity index (χ1v) is 11.0. The zero-order valence-corrected chi connectivity index (χ0v) is 17.1. The number of hydrogen-bond donors (Lipinski definition) is 0. The SMILES string of the molecule is O=C(Cn1ccc(C(F)(F)F)n1)N1CCN(S(=O)(=O)c2ccc3ccccc3c2)CC1. The number of halogens is 3. The van der Waals surface area contributed by atoms with Gasteiger partial charge in [-0.15, -0.1) is 0 Å². The predicted molar refractivity (Wildman–Crippen MR) is 107 cm³/mol. The summed E-state index contributed by atoms with van der Waals surface area (Å²) in [4.78, 5) is 14.0. The summed E-state index contributed by atoms with van der Waals surface area (Å²) < 4.78 is 66.2. The van der Waals surface area contributed by atoms with Crippen LogP contribution in [-0.2, 0) is 27.5 Å². The van der Waals surface area contributed by atoms with Crippen LogP contribution in [0.15, 0.2) is 59.6 Å². The third-order valence-corrected chi connectivity index (χ3v) is 7.07. The average molecular weight is 452 g/mol. The van der Waals surface area contributed by atoms with E-state index in [4.69, 9.17) is 0 Å². The number of alkyl halides is 3. The van der Waals surface area contributed by atoms with Gasteiger partial charge in [-0.1, -0.05) is 30.3 Å². The number of rotatable bonds is 4. The van der Waals surface area contributed by atoms with E-state index in [0.717, 1.165) is 27.7 Å². The highest BCUT2D eigenvalue weighted by atomic mass is 32.2. The smallest absolute Gasteiger partial charge is 0.338 e. The summed E-state index contributed by atoms with van der Waals surface area (Å²) in [6.07, 6.45) is -3.47. The summed E-state index contributed by atoms with van der Waals surface area (Å²) in [5.74, 6) is -0.417. The summed E-state index contributed by atoms with van der Waals surface area (Å²) in [6, 6.07) is 13.2. The molecule has 3 aromatic rings. The molecule has 1 fully saturated rings. The molecule has 0 atom stereocenters. The molecule has 0 radical (unpaired) electrons. The lowest BCUT2D eigenvalue weighted by Crippen LogP contribution is -2.51. The molecule has 0 bridgehead atoms. The normalized spacial score (nSPS) is 16.0. The van der Waals surface area contributed by atoms with Crippen LogP contribution in [0.3, 0.4) is 0 Å². The van der Waals surface area contributed by atoms with Gasteiger partial charge in [0.05, 0.1) is 4.90 Å². The molecular weight excluding hydrogens is 433 g/mol. The van der Waals surface area contributed by atoms with Crippen molar-refractivity contribution in [2.45, 2.75) is 17.6 Å². The zero-order chi connectivity index (χ0) is 22.2. The van der Waals surface area contributed by atoms with E-state index < -0.39 is 27.8 Å². The quantitative estimate of drug-likeness (QED) is 0.610.